The molecule has 0 spiro atoms. The van der Waals surface area contributed by atoms with Gasteiger partial charge in [-0.2, -0.15) is 0 Å². The zero-order chi connectivity index (χ0) is 16.8. The Hall–Kier alpha value is -0.480. The second-order valence-electron chi connectivity index (χ2n) is 5.94. The van der Waals surface area contributed by atoms with Gasteiger partial charge in [-0.25, -0.2) is 4.98 Å². The maximum absolute atomic E-state index is 11.9. The van der Waals surface area contributed by atoms with E-state index in [1.54, 1.807) is 7.11 Å². The van der Waals surface area contributed by atoms with Crippen LogP contribution in [-0.4, -0.2) is 60.8 Å². The second-order valence-corrected chi connectivity index (χ2v) is 6.80. The Labute approximate surface area is 165 Å². The van der Waals surface area contributed by atoms with E-state index in [2.05, 4.69) is 29.0 Å². The number of hydrogen-bond donors (Lipinski definition) is 2. The van der Waals surface area contributed by atoms with E-state index in [9.17, 15) is 4.79 Å². The summed E-state index contributed by atoms with van der Waals surface area (Å²) >= 11 is 1.44. The smallest absolute Gasteiger partial charge is 0.228 e. The molecule has 0 bridgehead atoms. The van der Waals surface area contributed by atoms with Crippen molar-refractivity contribution >= 4 is 47.2 Å². The van der Waals surface area contributed by atoms with Crippen molar-refractivity contribution < 1.29 is 14.3 Å². The van der Waals surface area contributed by atoms with E-state index in [1.807, 2.05) is 5.38 Å². The summed E-state index contributed by atoms with van der Waals surface area (Å²) in [5.74, 6) is -0.128. The first-order valence-corrected chi connectivity index (χ1v) is 8.73. The van der Waals surface area contributed by atoms with Gasteiger partial charge in [-0.1, -0.05) is 0 Å². The molecule has 1 aliphatic heterocycles. The van der Waals surface area contributed by atoms with Crippen molar-refractivity contribution in [1.29, 1.82) is 0 Å². The normalized spacial score (nSPS) is 21.8. The van der Waals surface area contributed by atoms with Gasteiger partial charge in [0.25, 0.3) is 0 Å². The minimum atomic E-state index is -0.259. The maximum Gasteiger partial charge on any atom is 0.228 e. The summed E-state index contributed by atoms with van der Waals surface area (Å²) in [6.45, 7) is 7.05. The molecule has 1 amide bonds. The van der Waals surface area contributed by atoms with E-state index in [0.29, 0.717) is 11.7 Å². The number of halogens is 2. The fourth-order valence-corrected chi connectivity index (χ4v) is 3.44. The highest BCUT2D eigenvalue weighted by Gasteiger charge is 2.23. The zero-order valence-electron chi connectivity index (χ0n) is 14.8. The van der Waals surface area contributed by atoms with Crippen LogP contribution in [0.1, 0.15) is 26.0 Å². The van der Waals surface area contributed by atoms with Crippen LogP contribution in [0.25, 0.3) is 0 Å². The van der Waals surface area contributed by atoms with Gasteiger partial charge in [0.05, 0.1) is 30.4 Å². The molecule has 1 aromatic rings. The number of nitrogens with one attached hydrogen (secondary N) is 1. The van der Waals surface area contributed by atoms with Crippen LogP contribution in [0.4, 0.5) is 5.13 Å². The number of thiazole rings is 1. The maximum atomic E-state index is 11.9. The number of amides is 1. The van der Waals surface area contributed by atoms with Gasteiger partial charge in [0.1, 0.15) is 0 Å². The van der Waals surface area contributed by atoms with Crippen molar-refractivity contribution in [3.05, 3.63) is 11.1 Å². The summed E-state index contributed by atoms with van der Waals surface area (Å²) in [5, 5.41) is 5.41. The molecule has 0 saturated carbocycles. The highest BCUT2D eigenvalue weighted by Crippen LogP contribution is 2.19. The monoisotopic (exact) mass is 414 g/mol. The molecule has 2 heterocycles. The van der Waals surface area contributed by atoms with Crippen LogP contribution in [0.15, 0.2) is 5.38 Å². The molecule has 1 aromatic heterocycles. The lowest BCUT2D eigenvalue weighted by Crippen LogP contribution is -2.44. The average molecular weight is 415 g/mol. The second kappa shape index (κ2) is 12.0. The summed E-state index contributed by atoms with van der Waals surface area (Å²) in [4.78, 5) is 18.7. The van der Waals surface area contributed by atoms with Crippen molar-refractivity contribution in [1.82, 2.24) is 9.88 Å². The molecule has 7 nitrogen and oxygen atoms in total. The first-order chi connectivity index (χ1) is 11.0. The topological polar surface area (TPSA) is 89.7 Å². The third-order valence-corrected chi connectivity index (χ3v) is 4.49. The minimum Gasteiger partial charge on any atom is -0.380 e. The summed E-state index contributed by atoms with van der Waals surface area (Å²) in [7, 11) is 1.55. The van der Waals surface area contributed by atoms with Crippen LogP contribution in [0, 0.1) is 0 Å². The lowest BCUT2D eigenvalue weighted by molar-refractivity contribution is -0.118. The van der Waals surface area contributed by atoms with Gasteiger partial charge in [-0.15, -0.1) is 36.2 Å². The molecule has 3 N–H and O–H groups in total. The summed E-state index contributed by atoms with van der Waals surface area (Å²) in [6.07, 6.45) is 0.448. The van der Waals surface area contributed by atoms with Gasteiger partial charge in [-0.05, 0) is 13.8 Å². The van der Waals surface area contributed by atoms with Gasteiger partial charge in [-0.3, -0.25) is 9.69 Å². The Morgan fingerprint density at radius 2 is 2.12 bits per heavy atom. The molecule has 10 heteroatoms. The van der Waals surface area contributed by atoms with E-state index in [-0.39, 0.29) is 55.5 Å². The average Bonchev–Trinajstić information content (AvgIpc) is 2.90. The molecule has 1 fully saturated rings. The van der Waals surface area contributed by atoms with E-state index >= 15 is 0 Å². The van der Waals surface area contributed by atoms with Crippen LogP contribution in [0.2, 0.25) is 0 Å². The predicted octanol–water partition coefficient (Wildman–Crippen LogP) is 1.90. The largest absolute Gasteiger partial charge is 0.380 e. The minimum absolute atomic E-state index is 0. The van der Waals surface area contributed by atoms with Gasteiger partial charge < -0.3 is 20.5 Å². The predicted molar refractivity (Wildman–Crippen MR) is 105 cm³/mol. The quantitative estimate of drug-likeness (QED) is 0.707. The number of methoxy groups -OCH3 is 1. The number of rotatable bonds is 7. The van der Waals surface area contributed by atoms with Crippen LogP contribution < -0.4 is 11.1 Å². The fraction of sp³-hybridized carbons (Fsp3) is 0.733. The lowest BCUT2D eigenvalue weighted by atomic mass is 10.2. The number of nitrogens with two attached hydrogens (primary N) is 1. The molecule has 146 valence electrons. The molecule has 2 rings (SSSR count). The van der Waals surface area contributed by atoms with Crippen molar-refractivity contribution in [2.75, 3.05) is 32.1 Å². The lowest BCUT2D eigenvalue weighted by Gasteiger charge is -2.34. The van der Waals surface area contributed by atoms with E-state index in [0.717, 1.165) is 25.3 Å². The number of nitrogens with zero attached hydrogens (tertiary/aromatic N) is 2. The highest BCUT2D eigenvalue weighted by atomic mass is 35.5. The number of aromatic nitrogens is 1. The van der Waals surface area contributed by atoms with Crippen LogP contribution >= 0.6 is 36.2 Å². The van der Waals surface area contributed by atoms with Crippen LogP contribution in [0.5, 0.6) is 0 Å². The Kier molecular flexibility index (Phi) is 11.8. The fourth-order valence-electron chi connectivity index (χ4n) is 2.72. The summed E-state index contributed by atoms with van der Waals surface area (Å²) in [5.41, 5.74) is 6.49. The number of morpholine rings is 1. The van der Waals surface area contributed by atoms with E-state index in [4.69, 9.17) is 15.2 Å². The Morgan fingerprint density at radius 3 is 2.68 bits per heavy atom. The molecule has 0 aliphatic carbocycles. The zero-order valence-corrected chi connectivity index (χ0v) is 17.2. The van der Waals surface area contributed by atoms with Gasteiger partial charge >= 0.3 is 0 Å². The van der Waals surface area contributed by atoms with Crippen molar-refractivity contribution in [2.45, 2.75) is 45.1 Å². The third kappa shape index (κ3) is 8.17. The summed E-state index contributed by atoms with van der Waals surface area (Å²) < 4.78 is 10.8. The first-order valence-electron chi connectivity index (χ1n) is 7.85. The van der Waals surface area contributed by atoms with Crippen molar-refractivity contribution in [3.8, 4) is 0 Å². The Bertz CT molecular complexity index is 507. The number of carbonyl (C=O) groups excluding carboxylic acids is 1. The molecule has 0 radical (unpaired) electrons. The van der Waals surface area contributed by atoms with E-state index < -0.39 is 0 Å². The molecule has 0 aromatic carbocycles. The molecule has 25 heavy (non-hydrogen) atoms. The number of ether oxygens (including phenoxy) is 2. The molecular formula is C15H28Cl2N4O3S. The molecule has 3 atom stereocenters. The van der Waals surface area contributed by atoms with Gasteiger partial charge in [0, 0.05) is 38.7 Å². The SMILES string of the molecule is COC(CN)CC(=O)Nc1nc(CN2CC(C)OC(C)C2)cs1.Cl.Cl. The van der Waals surface area contributed by atoms with Gasteiger partial charge in [0.15, 0.2) is 5.13 Å². The number of carbonyl (C=O) groups is 1. The van der Waals surface area contributed by atoms with Crippen molar-refractivity contribution in [2.24, 2.45) is 5.73 Å². The Morgan fingerprint density at radius 1 is 1.48 bits per heavy atom. The highest BCUT2D eigenvalue weighted by molar-refractivity contribution is 7.13. The van der Waals surface area contributed by atoms with Gasteiger partial charge in [0.2, 0.25) is 5.91 Å². The van der Waals surface area contributed by atoms with Crippen LogP contribution in [0.3, 0.4) is 0 Å². The first kappa shape index (κ1) is 24.5. The van der Waals surface area contributed by atoms with E-state index in [1.165, 1.54) is 11.3 Å². The molecule has 1 saturated heterocycles. The Balaban J connectivity index is 0.00000288. The van der Waals surface area contributed by atoms with Crippen molar-refractivity contribution in [3.63, 3.8) is 0 Å². The number of anilines is 1. The summed E-state index contributed by atoms with van der Waals surface area (Å²) in [6, 6.07) is 0. The van der Waals surface area contributed by atoms with Crippen LogP contribution in [-0.2, 0) is 20.8 Å². The molecule has 1 aliphatic rings. The molecule has 3 unspecified atom stereocenters. The molecular weight excluding hydrogens is 387 g/mol. The third-order valence-electron chi connectivity index (χ3n) is 3.69. The number of hydrogen-bond acceptors (Lipinski definition) is 7. The standard InChI is InChI=1S/C15H26N4O3S.2ClH/c1-10-6-19(7-11(2)22-10)8-12-9-23-15(17-12)18-14(20)4-13(5-16)21-3;;/h9-11,13H,4-8,16H2,1-3H3,(H,17,18,20);2*1H.